The fourth-order valence-electron chi connectivity index (χ4n) is 2.01. The molecule has 2 N–H and O–H groups in total. The second-order valence-electron chi connectivity index (χ2n) is 4.99. The molecule has 0 aliphatic rings. The van der Waals surface area contributed by atoms with Crippen LogP contribution < -0.4 is 10.5 Å². The molecule has 0 saturated carbocycles. The summed E-state index contributed by atoms with van der Waals surface area (Å²) in [6.45, 7) is 6.18. The van der Waals surface area contributed by atoms with Gasteiger partial charge in [0.2, 0.25) is 0 Å². The van der Waals surface area contributed by atoms with Gasteiger partial charge in [-0.15, -0.1) is 11.3 Å². The van der Waals surface area contributed by atoms with Gasteiger partial charge in [-0.25, -0.2) is 0 Å². The Morgan fingerprint density at radius 2 is 2.00 bits per heavy atom. The van der Waals surface area contributed by atoms with Crippen LogP contribution in [0, 0.1) is 13.8 Å². The van der Waals surface area contributed by atoms with Crippen LogP contribution in [0.5, 0.6) is 5.75 Å². The lowest BCUT2D eigenvalue weighted by atomic mass is 10.1. The minimum absolute atomic E-state index is 0.0513. The van der Waals surface area contributed by atoms with Crippen molar-refractivity contribution in [3.05, 3.63) is 50.7 Å². The van der Waals surface area contributed by atoms with E-state index in [2.05, 4.69) is 26.0 Å². The van der Waals surface area contributed by atoms with Crippen LogP contribution in [0.3, 0.4) is 0 Å². The summed E-state index contributed by atoms with van der Waals surface area (Å²) >= 11 is 7.94. The van der Waals surface area contributed by atoms with Crippen LogP contribution in [-0.4, -0.2) is 6.04 Å². The number of nitrogens with two attached hydrogens (primary N) is 1. The lowest BCUT2D eigenvalue weighted by Crippen LogP contribution is -2.31. The van der Waals surface area contributed by atoms with Crippen LogP contribution in [0.2, 0.25) is 5.02 Å². The second-order valence-corrected chi connectivity index (χ2v) is 6.72. The Hall–Kier alpha value is -1.03. The Bertz CT molecular complexity index is 582. The van der Waals surface area contributed by atoms with E-state index < -0.39 is 0 Å². The maximum atomic E-state index is 6.23. The maximum Gasteiger partial charge on any atom is 0.148 e. The monoisotopic (exact) mass is 309 g/mol. The Morgan fingerprint density at radius 1 is 1.25 bits per heavy atom. The zero-order valence-corrected chi connectivity index (χ0v) is 13.6. The molecule has 0 spiro atoms. The predicted octanol–water partition coefficient (Wildman–Crippen LogP) is 4.88. The molecule has 0 aliphatic heterocycles. The van der Waals surface area contributed by atoms with Crippen LogP contribution in [0.25, 0.3) is 0 Å². The van der Waals surface area contributed by atoms with Crippen LogP contribution >= 0.6 is 22.9 Å². The van der Waals surface area contributed by atoms with E-state index in [4.69, 9.17) is 22.1 Å². The summed E-state index contributed by atoms with van der Waals surface area (Å²) < 4.78 is 6.13. The summed E-state index contributed by atoms with van der Waals surface area (Å²) in [6.07, 6.45) is 0.698. The van der Waals surface area contributed by atoms with Gasteiger partial charge in [-0.3, -0.25) is 0 Å². The number of hydrogen-bond donors (Lipinski definition) is 1. The van der Waals surface area contributed by atoms with Gasteiger partial charge in [0.15, 0.2) is 0 Å². The van der Waals surface area contributed by atoms with Crippen molar-refractivity contribution in [3.8, 4) is 5.75 Å². The third kappa shape index (κ3) is 3.54. The van der Waals surface area contributed by atoms with E-state index in [9.17, 15) is 0 Å². The second kappa shape index (κ2) is 6.61. The van der Waals surface area contributed by atoms with E-state index >= 15 is 0 Å². The van der Waals surface area contributed by atoms with Gasteiger partial charge >= 0.3 is 0 Å². The van der Waals surface area contributed by atoms with E-state index in [-0.39, 0.29) is 12.1 Å². The third-order valence-electron chi connectivity index (χ3n) is 3.24. The minimum Gasteiger partial charge on any atom is -0.482 e. The highest BCUT2D eigenvalue weighted by Crippen LogP contribution is 2.34. The molecule has 2 aromatic rings. The number of ether oxygens (including phenoxy) is 1. The number of benzene rings is 1. The van der Waals surface area contributed by atoms with Crippen molar-refractivity contribution in [2.45, 2.75) is 39.3 Å². The summed E-state index contributed by atoms with van der Waals surface area (Å²) in [5, 5.41) is 0.622. The summed E-state index contributed by atoms with van der Waals surface area (Å²) in [4.78, 5) is 2.40. The van der Waals surface area contributed by atoms with Gasteiger partial charge in [0.1, 0.15) is 11.9 Å². The van der Waals surface area contributed by atoms with E-state index in [0.29, 0.717) is 10.8 Å². The van der Waals surface area contributed by atoms with E-state index in [0.717, 1.165) is 16.9 Å². The fraction of sp³-hybridized carbons (Fsp3) is 0.375. The molecule has 2 rings (SSSR count). The average Bonchev–Trinajstić information content (AvgIpc) is 2.85. The minimum atomic E-state index is -0.155. The molecular weight excluding hydrogens is 290 g/mol. The Kier molecular flexibility index (Phi) is 5.08. The predicted molar refractivity (Wildman–Crippen MR) is 86.9 cm³/mol. The Morgan fingerprint density at radius 3 is 2.60 bits per heavy atom. The summed E-state index contributed by atoms with van der Waals surface area (Å²) in [7, 11) is 0. The summed E-state index contributed by atoms with van der Waals surface area (Å²) in [5.41, 5.74) is 7.35. The van der Waals surface area contributed by atoms with Gasteiger partial charge in [-0.1, -0.05) is 24.6 Å². The highest BCUT2D eigenvalue weighted by Gasteiger charge is 2.23. The molecule has 108 valence electrons. The van der Waals surface area contributed by atoms with Crippen LogP contribution in [0.15, 0.2) is 30.3 Å². The van der Waals surface area contributed by atoms with Gasteiger partial charge in [0.25, 0.3) is 0 Å². The van der Waals surface area contributed by atoms with E-state index in [1.807, 2.05) is 25.1 Å². The van der Waals surface area contributed by atoms with Crippen molar-refractivity contribution >= 4 is 22.9 Å². The first kappa shape index (κ1) is 15.4. The summed E-state index contributed by atoms with van der Waals surface area (Å²) in [6, 6.07) is 9.92. The molecule has 0 saturated heterocycles. The molecule has 2 nitrogen and oxygen atoms in total. The number of rotatable bonds is 5. The SMILES string of the molecule is CCC(N)C(Oc1cc(C)ccc1Cl)c1ccc(C)s1. The zero-order chi connectivity index (χ0) is 14.7. The molecule has 1 aromatic carbocycles. The molecular formula is C16H20ClNOS. The first-order chi connectivity index (χ1) is 9.51. The summed E-state index contributed by atoms with van der Waals surface area (Å²) in [5.74, 6) is 0.701. The number of aryl methyl sites for hydroxylation is 2. The van der Waals surface area contributed by atoms with Gasteiger partial charge in [0.05, 0.1) is 5.02 Å². The van der Waals surface area contributed by atoms with Crippen LogP contribution in [-0.2, 0) is 0 Å². The highest BCUT2D eigenvalue weighted by molar-refractivity contribution is 7.12. The third-order valence-corrected chi connectivity index (χ3v) is 4.62. The first-order valence-corrected chi connectivity index (χ1v) is 7.95. The van der Waals surface area contributed by atoms with Gasteiger partial charge in [0, 0.05) is 15.8 Å². The van der Waals surface area contributed by atoms with E-state index in [1.165, 1.54) is 4.88 Å². The standard InChI is InChI=1S/C16H20ClNOS/c1-4-13(18)16(15-8-6-11(3)20-15)19-14-9-10(2)5-7-12(14)17/h5-9,13,16H,4,18H2,1-3H3. The van der Waals surface area contributed by atoms with Gasteiger partial charge < -0.3 is 10.5 Å². The van der Waals surface area contributed by atoms with Crippen LogP contribution in [0.4, 0.5) is 0 Å². The van der Waals surface area contributed by atoms with Gasteiger partial charge in [-0.05, 0) is 50.1 Å². The molecule has 0 bridgehead atoms. The molecule has 20 heavy (non-hydrogen) atoms. The maximum absolute atomic E-state index is 6.23. The van der Waals surface area contributed by atoms with Crippen molar-refractivity contribution in [1.82, 2.24) is 0 Å². The lowest BCUT2D eigenvalue weighted by molar-refractivity contribution is 0.174. The molecule has 0 radical (unpaired) electrons. The van der Waals surface area contributed by atoms with E-state index in [1.54, 1.807) is 11.3 Å². The van der Waals surface area contributed by atoms with Crippen molar-refractivity contribution in [2.24, 2.45) is 5.73 Å². The number of halogens is 1. The quantitative estimate of drug-likeness (QED) is 0.854. The van der Waals surface area contributed by atoms with Crippen molar-refractivity contribution in [2.75, 3.05) is 0 Å². The first-order valence-electron chi connectivity index (χ1n) is 6.76. The molecule has 1 heterocycles. The van der Waals surface area contributed by atoms with Gasteiger partial charge in [-0.2, -0.15) is 0 Å². The number of thiophene rings is 1. The molecule has 4 heteroatoms. The Balaban J connectivity index is 2.30. The Labute approximate surface area is 129 Å². The molecule has 1 aromatic heterocycles. The smallest absolute Gasteiger partial charge is 0.148 e. The molecule has 2 unspecified atom stereocenters. The fourth-order valence-corrected chi connectivity index (χ4v) is 3.16. The van der Waals surface area contributed by atoms with Crippen molar-refractivity contribution in [3.63, 3.8) is 0 Å². The number of hydrogen-bond acceptors (Lipinski definition) is 3. The van der Waals surface area contributed by atoms with Crippen molar-refractivity contribution in [1.29, 1.82) is 0 Å². The normalized spacial score (nSPS) is 14.1. The highest BCUT2D eigenvalue weighted by atomic mass is 35.5. The van der Waals surface area contributed by atoms with Crippen molar-refractivity contribution < 1.29 is 4.74 Å². The molecule has 0 aliphatic carbocycles. The zero-order valence-electron chi connectivity index (χ0n) is 12.0. The lowest BCUT2D eigenvalue weighted by Gasteiger charge is -2.24. The molecule has 0 amide bonds. The molecule has 0 fully saturated rings. The topological polar surface area (TPSA) is 35.2 Å². The largest absolute Gasteiger partial charge is 0.482 e. The molecule has 2 atom stereocenters. The average molecular weight is 310 g/mol. The van der Waals surface area contributed by atoms with Crippen LogP contribution in [0.1, 0.15) is 34.8 Å².